The Morgan fingerprint density at radius 2 is 1.14 bits per heavy atom. The first-order valence-electron chi connectivity index (χ1n) is 14.6. The molecule has 228 valence electrons. The summed E-state index contributed by atoms with van der Waals surface area (Å²) in [4.78, 5) is 38.6. The van der Waals surface area contributed by atoms with Crippen LogP contribution < -0.4 is 0 Å². The van der Waals surface area contributed by atoms with Gasteiger partial charge in [-0.05, 0) is 49.2 Å². The molecule has 0 amide bonds. The largest absolute Gasteiger partial charge is 0.459 e. The van der Waals surface area contributed by atoms with E-state index in [0.29, 0.717) is 49.5 Å². The Kier molecular flexibility index (Phi) is 12.7. The summed E-state index contributed by atoms with van der Waals surface area (Å²) in [5.41, 5.74) is 1.17. The van der Waals surface area contributed by atoms with E-state index in [1.807, 2.05) is 13.0 Å². The van der Waals surface area contributed by atoms with Gasteiger partial charge in [-0.2, -0.15) is 0 Å². The van der Waals surface area contributed by atoms with Crippen LogP contribution in [0.2, 0.25) is 0 Å². The fraction of sp³-hybridized carbons (Fsp3) is 0.382. The van der Waals surface area contributed by atoms with Gasteiger partial charge in [-0.25, -0.2) is 14.4 Å². The van der Waals surface area contributed by atoms with E-state index < -0.39 is 42.1 Å². The SMILES string of the molecule is CCCOCCOCCOC(COC(=O)c1ccccc1)C1CC(OC(=O)c2ccccc2)C1OC(=O)c1ccccc1. The van der Waals surface area contributed by atoms with Crippen LogP contribution in [0.3, 0.4) is 0 Å². The van der Waals surface area contributed by atoms with Gasteiger partial charge in [0.1, 0.15) is 18.8 Å². The van der Waals surface area contributed by atoms with Crippen LogP contribution in [0.5, 0.6) is 0 Å². The molecule has 9 nitrogen and oxygen atoms in total. The van der Waals surface area contributed by atoms with Crippen molar-refractivity contribution in [1.29, 1.82) is 0 Å². The molecule has 1 aliphatic rings. The number of ether oxygens (including phenoxy) is 6. The van der Waals surface area contributed by atoms with Crippen LogP contribution in [0.25, 0.3) is 0 Å². The summed E-state index contributed by atoms with van der Waals surface area (Å²) in [5, 5.41) is 0. The minimum Gasteiger partial charge on any atom is -0.459 e. The molecule has 1 aliphatic carbocycles. The van der Waals surface area contributed by atoms with E-state index in [1.54, 1.807) is 84.9 Å². The number of carbonyl (C=O) groups is 3. The molecule has 0 radical (unpaired) electrons. The number of hydrogen-bond donors (Lipinski definition) is 0. The Morgan fingerprint density at radius 3 is 1.70 bits per heavy atom. The fourth-order valence-corrected chi connectivity index (χ4v) is 4.64. The molecule has 4 rings (SSSR count). The van der Waals surface area contributed by atoms with Crippen LogP contribution in [0.1, 0.15) is 50.8 Å². The maximum atomic E-state index is 13.1. The number of esters is 3. The number of benzene rings is 3. The Balaban J connectivity index is 1.44. The van der Waals surface area contributed by atoms with E-state index >= 15 is 0 Å². The van der Waals surface area contributed by atoms with Crippen molar-refractivity contribution >= 4 is 17.9 Å². The molecule has 0 aromatic heterocycles. The first-order chi connectivity index (χ1) is 21.1. The van der Waals surface area contributed by atoms with Gasteiger partial charge in [0, 0.05) is 12.5 Å². The third kappa shape index (κ3) is 9.74. The first kappa shape index (κ1) is 31.9. The van der Waals surface area contributed by atoms with Crippen molar-refractivity contribution in [3.63, 3.8) is 0 Å². The van der Waals surface area contributed by atoms with E-state index in [-0.39, 0.29) is 13.2 Å². The van der Waals surface area contributed by atoms with Crippen LogP contribution in [0.4, 0.5) is 0 Å². The van der Waals surface area contributed by atoms with E-state index in [2.05, 4.69) is 0 Å². The van der Waals surface area contributed by atoms with Crippen LogP contribution in [-0.4, -0.2) is 75.9 Å². The number of carbonyl (C=O) groups excluding carboxylic acids is 3. The molecule has 4 atom stereocenters. The summed E-state index contributed by atoms with van der Waals surface area (Å²) < 4.78 is 34.5. The van der Waals surface area contributed by atoms with Crippen LogP contribution in [-0.2, 0) is 28.4 Å². The Labute approximate surface area is 252 Å². The van der Waals surface area contributed by atoms with Crippen molar-refractivity contribution < 1.29 is 42.8 Å². The predicted octanol–water partition coefficient (Wildman–Crippen LogP) is 5.14. The van der Waals surface area contributed by atoms with E-state index in [4.69, 9.17) is 28.4 Å². The van der Waals surface area contributed by atoms with Crippen LogP contribution in [0.15, 0.2) is 91.0 Å². The average molecular weight is 591 g/mol. The zero-order chi connectivity index (χ0) is 30.3. The van der Waals surface area contributed by atoms with Gasteiger partial charge < -0.3 is 28.4 Å². The molecule has 1 fully saturated rings. The van der Waals surface area contributed by atoms with Crippen molar-refractivity contribution in [3.8, 4) is 0 Å². The lowest BCUT2D eigenvalue weighted by atomic mass is 9.75. The van der Waals surface area contributed by atoms with Gasteiger partial charge in [-0.3, -0.25) is 0 Å². The quantitative estimate of drug-likeness (QED) is 0.120. The van der Waals surface area contributed by atoms with Gasteiger partial charge in [0.2, 0.25) is 0 Å². The third-order valence-electron chi connectivity index (χ3n) is 6.96. The molecule has 0 spiro atoms. The van der Waals surface area contributed by atoms with Gasteiger partial charge in [0.05, 0.1) is 49.2 Å². The highest BCUT2D eigenvalue weighted by molar-refractivity contribution is 5.90. The molecule has 0 heterocycles. The monoisotopic (exact) mass is 590 g/mol. The molecule has 9 heteroatoms. The summed E-state index contributed by atoms with van der Waals surface area (Å²) in [7, 11) is 0. The smallest absolute Gasteiger partial charge is 0.338 e. The highest BCUT2D eigenvalue weighted by Gasteiger charge is 2.51. The number of hydrogen-bond acceptors (Lipinski definition) is 9. The molecule has 3 aromatic carbocycles. The highest BCUT2D eigenvalue weighted by atomic mass is 16.6. The Hall–Kier alpha value is -4.05. The van der Waals surface area contributed by atoms with Gasteiger partial charge in [0.25, 0.3) is 0 Å². The molecular formula is C34H38O9. The van der Waals surface area contributed by atoms with Gasteiger partial charge in [-0.1, -0.05) is 61.5 Å². The standard InChI is InChI=1S/C34H38O9/c1-2-18-38-19-20-39-21-22-40-30(24-41-32(35)25-12-6-3-7-13-25)28-23-29(42-33(36)26-14-8-4-9-15-26)31(28)43-34(37)27-16-10-5-11-17-27/h3-17,28-31H,2,18-24H2,1H3. The van der Waals surface area contributed by atoms with Crippen molar-refractivity contribution in [1.82, 2.24) is 0 Å². The molecule has 0 aliphatic heterocycles. The molecule has 43 heavy (non-hydrogen) atoms. The molecule has 1 saturated carbocycles. The Morgan fingerprint density at radius 1 is 0.651 bits per heavy atom. The van der Waals surface area contributed by atoms with E-state index in [0.717, 1.165) is 6.42 Å². The highest BCUT2D eigenvalue weighted by Crippen LogP contribution is 2.38. The molecule has 0 saturated heterocycles. The second-order valence-corrected chi connectivity index (χ2v) is 10.0. The zero-order valence-electron chi connectivity index (χ0n) is 24.3. The lowest BCUT2D eigenvalue weighted by Crippen LogP contribution is -2.57. The van der Waals surface area contributed by atoms with Crippen molar-refractivity contribution in [2.24, 2.45) is 5.92 Å². The second-order valence-electron chi connectivity index (χ2n) is 10.0. The summed E-state index contributed by atoms with van der Waals surface area (Å²) in [5.74, 6) is -1.97. The van der Waals surface area contributed by atoms with E-state index in [1.165, 1.54) is 0 Å². The van der Waals surface area contributed by atoms with Crippen LogP contribution >= 0.6 is 0 Å². The average Bonchev–Trinajstić information content (AvgIpc) is 3.05. The lowest BCUT2D eigenvalue weighted by Gasteiger charge is -2.45. The van der Waals surface area contributed by atoms with E-state index in [9.17, 15) is 14.4 Å². The van der Waals surface area contributed by atoms with Crippen molar-refractivity contribution in [3.05, 3.63) is 108 Å². The van der Waals surface area contributed by atoms with Gasteiger partial charge >= 0.3 is 17.9 Å². The zero-order valence-corrected chi connectivity index (χ0v) is 24.3. The van der Waals surface area contributed by atoms with Crippen molar-refractivity contribution in [2.75, 3.05) is 39.6 Å². The summed E-state index contributed by atoms with van der Waals surface area (Å²) >= 11 is 0. The summed E-state index contributed by atoms with van der Waals surface area (Å²) in [6.07, 6.45) is -0.874. The third-order valence-corrected chi connectivity index (χ3v) is 6.96. The maximum absolute atomic E-state index is 13.1. The maximum Gasteiger partial charge on any atom is 0.338 e. The molecule has 0 N–H and O–H groups in total. The topological polar surface area (TPSA) is 107 Å². The predicted molar refractivity (Wildman–Crippen MR) is 158 cm³/mol. The molecule has 0 bridgehead atoms. The number of rotatable bonds is 17. The summed E-state index contributed by atoms with van der Waals surface area (Å²) in [6, 6.07) is 25.9. The normalized spacial score (nSPS) is 18.2. The molecular weight excluding hydrogens is 552 g/mol. The molecule has 4 unspecified atom stereocenters. The van der Waals surface area contributed by atoms with Crippen LogP contribution in [0, 0.1) is 5.92 Å². The summed E-state index contributed by atoms with van der Waals surface area (Å²) in [6.45, 7) is 4.05. The van der Waals surface area contributed by atoms with Gasteiger partial charge in [-0.15, -0.1) is 0 Å². The minimum atomic E-state index is -0.816. The van der Waals surface area contributed by atoms with Crippen molar-refractivity contribution in [2.45, 2.75) is 38.1 Å². The fourth-order valence-electron chi connectivity index (χ4n) is 4.64. The lowest BCUT2D eigenvalue weighted by molar-refractivity contribution is -0.170. The minimum absolute atomic E-state index is 0.0866. The molecule has 3 aromatic rings. The Bertz CT molecular complexity index is 1270. The van der Waals surface area contributed by atoms with Gasteiger partial charge in [0.15, 0.2) is 0 Å². The second kappa shape index (κ2) is 17.2. The first-order valence-corrected chi connectivity index (χ1v) is 14.6.